The molecule has 0 bridgehead atoms. The molecule has 0 unspecified atom stereocenters. The van der Waals surface area contributed by atoms with Crippen molar-refractivity contribution < 1.29 is 31.1 Å². The van der Waals surface area contributed by atoms with Crippen LogP contribution in [0.2, 0.25) is 0 Å². The Morgan fingerprint density at radius 2 is 1.83 bits per heavy atom. The fourth-order valence-electron chi connectivity index (χ4n) is 4.16. The van der Waals surface area contributed by atoms with Crippen LogP contribution in [0.15, 0.2) is 47.4 Å². The van der Waals surface area contributed by atoms with Gasteiger partial charge in [-0.05, 0) is 55.7 Å². The molecule has 1 fully saturated rings. The van der Waals surface area contributed by atoms with Gasteiger partial charge in [-0.1, -0.05) is 36.3 Å². The zero-order chi connectivity index (χ0) is 26.1. The zero-order valence-electron chi connectivity index (χ0n) is 19.5. The standard InChI is InChI=1S/C24H24F3N3O4S2/c1-14-21(35-23(28-14)29-22(31)15-7-3-4-8-15)16-11-12-19(34-2)20(13-16)36(32,33)30-18-10-6-5-9-17(18)24(25,26)27/h5-6,9-13,15,30H,3-4,7-8H2,1-2H3,(H,28,29,31). The molecular formula is C24H24F3N3O4S2. The molecule has 0 aliphatic heterocycles. The van der Waals surface area contributed by atoms with Gasteiger partial charge in [0.25, 0.3) is 10.0 Å². The first-order valence-electron chi connectivity index (χ1n) is 11.2. The van der Waals surface area contributed by atoms with Crippen molar-refractivity contribution in [2.75, 3.05) is 17.1 Å². The predicted molar refractivity (Wildman–Crippen MR) is 132 cm³/mol. The first-order valence-corrected chi connectivity index (χ1v) is 13.5. The number of nitrogens with one attached hydrogen (secondary N) is 2. The molecule has 0 atom stereocenters. The predicted octanol–water partition coefficient (Wildman–Crippen LogP) is 6.08. The molecular weight excluding hydrogens is 515 g/mol. The molecule has 12 heteroatoms. The third kappa shape index (κ3) is 5.49. The summed E-state index contributed by atoms with van der Waals surface area (Å²) < 4.78 is 73.8. The number of thiazole rings is 1. The van der Waals surface area contributed by atoms with Gasteiger partial charge in [0.15, 0.2) is 5.13 Å². The van der Waals surface area contributed by atoms with Gasteiger partial charge >= 0.3 is 6.18 Å². The third-order valence-electron chi connectivity index (χ3n) is 5.94. The van der Waals surface area contributed by atoms with Crippen LogP contribution in [0.1, 0.15) is 36.9 Å². The van der Waals surface area contributed by atoms with E-state index in [9.17, 15) is 26.4 Å². The van der Waals surface area contributed by atoms with Gasteiger partial charge in [-0.3, -0.25) is 9.52 Å². The summed E-state index contributed by atoms with van der Waals surface area (Å²) in [5.74, 6) is -0.160. The molecule has 4 rings (SSSR count). The largest absolute Gasteiger partial charge is 0.495 e. The second-order valence-corrected chi connectivity index (χ2v) is 11.1. The molecule has 2 N–H and O–H groups in total. The quantitative estimate of drug-likeness (QED) is 0.380. The lowest BCUT2D eigenvalue weighted by molar-refractivity contribution is -0.136. The summed E-state index contributed by atoms with van der Waals surface area (Å²) in [7, 11) is -3.20. The third-order valence-corrected chi connectivity index (χ3v) is 8.45. The summed E-state index contributed by atoms with van der Waals surface area (Å²) >= 11 is 1.19. The highest BCUT2D eigenvalue weighted by Gasteiger charge is 2.35. The Kier molecular flexibility index (Phi) is 7.28. The van der Waals surface area contributed by atoms with Gasteiger partial charge < -0.3 is 10.1 Å². The first kappa shape index (κ1) is 26.0. The van der Waals surface area contributed by atoms with E-state index in [2.05, 4.69) is 10.3 Å². The van der Waals surface area contributed by atoms with Crippen molar-refractivity contribution >= 4 is 38.1 Å². The number of rotatable bonds is 7. The Morgan fingerprint density at radius 3 is 2.50 bits per heavy atom. The van der Waals surface area contributed by atoms with Gasteiger partial charge in [-0.15, -0.1) is 0 Å². The van der Waals surface area contributed by atoms with E-state index in [-0.39, 0.29) is 22.5 Å². The second-order valence-electron chi connectivity index (χ2n) is 8.42. The average Bonchev–Trinajstić information content (AvgIpc) is 3.48. The molecule has 3 aromatic rings. The number of carbonyl (C=O) groups excluding carboxylic acids is 1. The van der Waals surface area contributed by atoms with Crippen LogP contribution in [-0.2, 0) is 21.0 Å². The fraction of sp³-hybridized carbons (Fsp3) is 0.333. The van der Waals surface area contributed by atoms with Gasteiger partial charge in [-0.25, -0.2) is 13.4 Å². The molecule has 0 saturated heterocycles. The van der Waals surface area contributed by atoms with E-state index in [1.165, 1.54) is 42.7 Å². The van der Waals surface area contributed by atoms with Gasteiger partial charge in [0.1, 0.15) is 10.6 Å². The van der Waals surface area contributed by atoms with Crippen LogP contribution in [0.4, 0.5) is 24.0 Å². The topological polar surface area (TPSA) is 97.4 Å². The van der Waals surface area contributed by atoms with Crippen LogP contribution in [-0.4, -0.2) is 26.4 Å². The Morgan fingerprint density at radius 1 is 1.14 bits per heavy atom. The Hall–Kier alpha value is -3.12. The summed E-state index contributed by atoms with van der Waals surface area (Å²) in [6, 6.07) is 8.71. The van der Waals surface area contributed by atoms with Crippen LogP contribution in [0.3, 0.4) is 0 Å². The van der Waals surface area contributed by atoms with E-state index in [1.807, 2.05) is 4.72 Å². The molecule has 0 radical (unpaired) electrons. The molecule has 0 spiro atoms. The SMILES string of the molecule is COc1ccc(-c2sc(NC(=O)C3CCCC3)nc2C)cc1S(=O)(=O)Nc1ccccc1C(F)(F)F. The van der Waals surface area contributed by atoms with Gasteiger partial charge in [0.05, 0.1) is 28.9 Å². The molecule has 1 aliphatic rings. The minimum absolute atomic E-state index is 0.0346. The minimum atomic E-state index is -4.75. The van der Waals surface area contributed by atoms with Crippen molar-refractivity contribution in [1.82, 2.24) is 4.98 Å². The Labute approximate surface area is 210 Å². The average molecular weight is 540 g/mol. The number of sulfonamides is 1. The van der Waals surface area contributed by atoms with Crippen molar-refractivity contribution in [3.8, 4) is 16.2 Å². The molecule has 2 aromatic carbocycles. The van der Waals surface area contributed by atoms with E-state index in [1.54, 1.807) is 13.0 Å². The number of anilines is 2. The number of amides is 1. The number of methoxy groups -OCH3 is 1. The number of aromatic nitrogens is 1. The van der Waals surface area contributed by atoms with E-state index >= 15 is 0 Å². The maximum absolute atomic E-state index is 13.4. The highest BCUT2D eigenvalue weighted by molar-refractivity contribution is 7.92. The smallest absolute Gasteiger partial charge is 0.418 e. The maximum Gasteiger partial charge on any atom is 0.418 e. The van der Waals surface area contributed by atoms with E-state index in [0.717, 1.165) is 37.8 Å². The molecule has 1 amide bonds. The number of hydrogen-bond acceptors (Lipinski definition) is 6. The van der Waals surface area contributed by atoms with E-state index < -0.39 is 27.5 Å². The Balaban J connectivity index is 1.67. The Bertz CT molecular complexity index is 1380. The van der Waals surface area contributed by atoms with Crippen molar-refractivity contribution in [3.63, 3.8) is 0 Å². The maximum atomic E-state index is 13.4. The lowest BCUT2D eigenvalue weighted by Crippen LogP contribution is -2.20. The highest BCUT2D eigenvalue weighted by atomic mass is 32.2. The van der Waals surface area contributed by atoms with Gasteiger partial charge in [-0.2, -0.15) is 13.2 Å². The zero-order valence-corrected chi connectivity index (χ0v) is 21.1. The van der Waals surface area contributed by atoms with Crippen molar-refractivity contribution in [2.45, 2.75) is 43.7 Å². The van der Waals surface area contributed by atoms with Crippen molar-refractivity contribution in [2.24, 2.45) is 5.92 Å². The summed E-state index contributed by atoms with van der Waals surface area (Å²) in [6.45, 7) is 1.73. The van der Waals surface area contributed by atoms with Crippen LogP contribution in [0, 0.1) is 12.8 Å². The first-order chi connectivity index (χ1) is 17.0. The van der Waals surface area contributed by atoms with E-state index in [4.69, 9.17) is 4.74 Å². The monoisotopic (exact) mass is 539 g/mol. The number of halogens is 3. The van der Waals surface area contributed by atoms with Gasteiger partial charge in [0.2, 0.25) is 5.91 Å². The number of carbonyl (C=O) groups is 1. The number of aryl methyl sites for hydroxylation is 1. The van der Waals surface area contributed by atoms with Crippen LogP contribution in [0.25, 0.3) is 10.4 Å². The molecule has 1 saturated carbocycles. The summed E-state index contributed by atoms with van der Waals surface area (Å²) in [5.41, 5.74) is -0.657. The van der Waals surface area contributed by atoms with Crippen LogP contribution in [0.5, 0.6) is 5.75 Å². The number of hydrogen-bond donors (Lipinski definition) is 2. The summed E-state index contributed by atoms with van der Waals surface area (Å²) in [5, 5.41) is 3.24. The van der Waals surface area contributed by atoms with Crippen molar-refractivity contribution in [3.05, 3.63) is 53.7 Å². The number of alkyl halides is 3. The molecule has 7 nitrogen and oxygen atoms in total. The van der Waals surface area contributed by atoms with Gasteiger partial charge in [0, 0.05) is 5.92 Å². The molecule has 1 aliphatic carbocycles. The van der Waals surface area contributed by atoms with Crippen LogP contribution >= 0.6 is 11.3 Å². The normalized spacial score (nSPS) is 14.6. The summed E-state index contributed by atoms with van der Waals surface area (Å²) in [6.07, 6.45) is -1.03. The molecule has 1 aromatic heterocycles. The summed E-state index contributed by atoms with van der Waals surface area (Å²) in [4.78, 5) is 17.2. The fourth-order valence-corrected chi connectivity index (χ4v) is 6.40. The van der Waals surface area contributed by atoms with Crippen LogP contribution < -0.4 is 14.8 Å². The number of para-hydroxylation sites is 1. The number of ether oxygens (including phenoxy) is 1. The molecule has 1 heterocycles. The van der Waals surface area contributed by atoms with E-state index in [0.29, 0.717) is 21.3 Å². The number of nitrogens with zero attached hydrogens (tertiary/aromatic N) is 1. The lowest BCUT2D eigenvalue weighted by Gasteiger charge is -2.16. The molecule has 36 heavy (non-hydrogen) atoms. The lowest BCUT2D eigenvalue weighted by atomic mass is 10.1. The second kappa shape index (κ2) is 10.1. The number of benzene rings is 2. The molecule has 192 valence electrons. The highest BCUT2D eigenvalue weighted by Crippen LogP contribution is 2.39. The minimum Gasteiger partial charge on any atom is -0.495 e. The van der Waals surface area contributed by atoms with Crippen molar-refractivity contribution in [1.29, 1.82) is 0 Å².